The maximum absolute atomic E-state index is 13.6. The molecule has 0 saturated heterocycles. The van der Waals surface area contributed by atoms with E-state index < -0.39 is 17.7 Å². The van der Waals surface area contributed by atoms with Gasteiger partial charge in [0.05, 0.1) is 0 Å². The molecule has 0 amide bonds. The Bertz CT molecular complexity index is 578. The Morgan fingerprint density at radius 2 is 1.79 bits per heavy atom. The monoisotopic (exact) mass is 281 g/mol. The van der Waals surface area contributed by atoms with E-state index in [0.29, 0.717) is 10.6 Å². The van der Waals surface area contributed by atoms with Gasteiger partial charge in [-0.05, 0) is 42.7 Å². The summed E-state index contributed by atoms with van der Waals surface area (Å²) < 4.78 is 27.1. The van der Waals surface area contributed by atoms with Gasteiger partial charge in [-0.1, -0.05) is 29.8 Å². The van der Waals surface area contributed by atoms with Crippen molar-refractivity contribution in [2.45, 2.75) is 19.4 Å². The molecule has 1 atom stereocenters. The van der Waals surface area contributed by atoms with Gasteiger partial charge in [0.15, 0.2) is 0 Å². The molecule has 1 nitrogen and oxygen atoms in total. The number of nitrogens with two attached hydrogens (primary N) is 1. The van der Waals surface area contributed by atoms with Crippen LogP contribution in [0.25, 0.3) is 0 Å². The second kappa shape index (κ2) is 5.68. The molecule has 100 valence electrons. The summed E-state index contributed by atoms with van der Waals surface area (Å²) in [6.07, 6.45) is 0.0707. The molecule has 2 N–H and O–H groups in total. The fraction of sp³-hybridized carbons (Fsp3) is 0.200. The van der Waals surface area contributed by atoms with E-state index in [0.717, 1.165) is 5.56 Å². The average molecular weight is 282 g/mol. The standard InChI is InChI=1S/C15H14ClF2N/c1-9-5-6-10(12(16)7-9)15(19)8-11-13(17)3-2-4-14(11)18/h2-7,15H,8,19H2,1H3. The van der Waals surface area contributed by atoms with Gasteiger partial charge in [0, 0.05) is 16.6 Å². The van der Waals surface area contributed by atoms with Gasteiger partial charge in [-0.3, -0.25) is 0 Å². The molecule has 0 spiro atoms. The van der Waals surface area contributed by atoms with E-state index in [2.05, 4.69) is 0 Å². The lowest BCUT2D eigenvalue weighted by Crippen LogP contribution is -2.15. The van der Waals surface area contributed by atoms with E-state index in [4.69, 9.17) is 17.3 Å². The van der Waals surface area contributed by atoms with Crippen LogP contribution in [0.4, 0.5) is 8.78 Å². The fourth-order valence-electron chi connectivity index (χ4n) is 1.99. The third kappa shape index (κ3) is 3.11. The van der Waals surface area contributed by atoms with Crippen molar-refractivity contribution in [1.82, 2.24) is 0 Å². The highest BCUT2D eigenvalue weighted by Gasteiger charge is 2.16. The Morgan fingerprint density at radius 3 is 2.37 bits per heavy atom. The quantitative estimate of drug-likeness (QED) is 0.898. The Kier molecular flexibility index (Phi) is 4.17. The zero-order valence-corrected chi connectivity index (χ0v) is 11.2. The normalized spacial score (nSPS) is 12.5. The summed E-state index contributed by atoms with van der Waals surface area (Å²) in [7, 11) is 0. The number of hydrogen-bond acceptors (Lipinski definition) is 1. The lowest BCUT2D eigenvalue weighted by molar-refractivity contribution is 0.540. The molecule has 0 aromatic heterocycles. The minimum atomic E-state index is -0.585. The molecule has 1 unspecified atom stereocenters. The van der Waals surface area contributed by atoms with Crippen LogP contribution in [0.2, 0.25) is 5.02 Å². The molecule has 0 fully saturated rings. The van der Waals surface area contributed by atoms with Crippen LogP contribution in [-0.4, -0.2) is 0 Å². The zero-order valence-electron chi connectivity index (χ0n) is 10.5. The first kappa shape index (κ1) is 14.0. The van der Waals surface area contributed by atoms with Crippen molar-refractivity contribution in [3.8, 4) is 0 Å². The van der Waals surface area contributed by atoms with Crippen LogP contribution in [0.3, 0.4) is 0 Å². The maximum atomic E-state index is 13.6. The lowest BCUT2D eigenvalue weighted by Gasteiger charge is -2.15. The van der Waals surface area contributed by atoms with Gasteiger partial charge in [-0.25, -0.2) is 8.78 Å². The van der Waals surface area contributed by atoms with Crippen molar-refractivity contribution in [3.63, 3.8) is 0 Å². The molecule has 0 aliphatic carbocycles. The second-order valence-electron chi connectivity index (χ2n) is 4.54. The molecular weight excluding hydrogens is 268 g/mol. The molecule has 2 rings (SSSR count). The molecule has 0 radical (unpaired) electrons. The highest BCUT2D eigenvalue weighted by molar-refractivity contribution is 6.31. The van der Waals surface area contributed by atoms with Gasteiger partial charge in [0.1, 0.15) is 11.6 Å². The first-order chi connectivity index (χ1) is 8.99. The summed E-state index contributed by atoms with van der Waals surface area (Å²) in [4.78, 5) is 0. The Labute approximate surface area is 116 Å². The van der Waals surface area contributed by atoms with Crippen molar-refractivity contribution < 1.29 is 8.78 Å². The summed E-state index contributed by atoms with van der Waals surface area (Å²) in [6, 6.07) is 8.69. The minimum absolute atomic E-state index is 0.00774. The van der Waals surface area contributed by atoms with Crippen molar-refractivity contribution >= 4 is 11.6 Å². The van der Waals surface area contributed by atoms with Crippen LogP contribution in [0.1, 0.15) is 22.7 Å². The number of hydrogen-bond donors (Lipinski definition) is 1. The average Bonchev–Trinajstić information content (AvgIpc) is 2.33. The first-order valence-electron chi connectivity index (χ1n) is 5.93. The van der Waals surface area contributed by atoms with E-state index in [9.17, 15) is 8.78 Å². The Morgan fingerprint density at radius 1 is 1.16 bits per heavy atom. The third-order valence-corrected chi connectivity index (χ3v) is 3.37. The molecule has 0 aliphatic heterocycles. The molecular formula is C15H14ClF2N. The highest BCUT2D eigenvalue weighted by atomic mass is 35.5. The van der Waals surface area contributed by atoms with E-state index >= 15 is 0 Å². The van der Waals surface area contributed by atoms with Gasteiger partial charge >= 0.3 is 0 Å². The van der Waals surface area contributed by atoms with Gasteiger partial charge < -0.3 is 5.73 Å². The molecule has 0 saturated carbocycles. The van der Waals surface area contributed by atoms with Crippen molar-refractivity contribution in [3.05, 3.63) is 69.7 Å². The summed E-state index contributed by atoms with van der Waals surface area (Å²) in [5.41, 5.74) is 7.69. The number of aryl methyl sites for hydroxylation is 1. The van der Waals surface area contributed by atoms with Gasteiger partial charge in [0.25, 0.3) is 0 Å². The maximum Gasteiger partial charge on any atom is 0.129 e. The summed E-state index contributed by atoms with van der Waals surface area (Å²) in [5.74, 6) is -1.17. The molecule has 0 bridgehead atoms. The van der Waals surface area contributed by atoms with Gasteiger partial charge in [-0.2, -0.15) is 0 Å². The second-order valence-corrected chi connectivity index (χ2v) is 4.94. The topological polar surface area (TPSA) is 26.0 Å². The number of halogens is 3. The van der Waals surface area contributed by atoms with Gasteiger partial charge in [-0.15, -0.1) is 0 Å². The molecule has 2 aromatic carbocycles. The Balaban J connectivity index is 2.28. The number of rotatable bonds is 3. The van der Waals surface area contributed by atoms with E-state index in [1.165, 1.54) is 18.2 Å². The third-order valence-electron chi connectivity index (χ3n) is 3.04. The van der Waals surface area contributed by atoms with Crippen LogP contribution in [0.5, 0.6) is 0 Å². The molecule has 2 aromatic rings. The zero-order chi connectivity index (χ0) is 14.0. The van der Waals surface area contributed by atoms with Crippen LogP contribution in [0.15, 0.2) is 36.4 Å². The predicted molar refractivity (Wildman–Crippen MR) is 73.2 cm³/mol. The molecule has 0 heterocycles. The number of benzene rings is 2. The minimum Gasteiger partial charge on any atom is -0.324 e. The van der Waals surface area contributed by atoms with Crippen molar-refractivity contribution in [1.29, 1.82) is 0 Å². The van der Waals surface area contributed by atoms with Gasteiger partial charge in [0.2, 0.25) is 0 Å². The smallest absolute Gasteiger partial charge is 0.129 e. The van der Waals surface area contributed by atoms with E-state index in [1.807, 2.05) is 13.0 Å². The highest BCUT2D eigenvalue weighted by Crippen LogP contribution is 2.26. The fourth-order valence-corrected chi connectivity index (χ4v) is 2.37. The van der Waals surface area contributed by atoms with Crippen LogP contribution in [0, 0.1) is 18.6 Å². The summed E-state index contributed by atoms with van der Waals surface area (Å²) in [5, 5.41) is 0.518. The SMILES string of the molecule is Cc1ccc(C(N)Cc2c(F)cccc2F)c(Cl)c1. The first-order valence-corrected chi connectivity index (χ1v) is 6.31. The van der Waals surface area contributed by atoms with Crippen molar-refractivity contribution in [2.24, 2.45) is 5.73 Å². The molecule has 0 aliphatic rings. The largest absolute Gasteiger partial charge is 0.324 e. The van der Waals surface area contributed by atoms with E-state index in [1.54, 1.807) is 12.1 Å². The van der Waals surface area contributed by atoms with Crippen LogP contribution < -0.4 is 5.73 Å². The summed E-state index contributed by atoms with van der Waals surface area (Å²) >= 11 is 6.10. The predicted octanol–water partition coefficient (Wildman–Crippen LogP) is 4.17. The van der Waals surface area contributed by atoms with Crippen LogP contribution >= 0.6 is 11.6 Å². The van der Waals surface area contributed by atoms with Crippen molar-refractivity contribution in [2.75, 3.05) is 0 Å². The molecule has 19 heavy (non-hydrogen) atoms. The summed E-state index contributed by atoms with van der Waals surface area (Å²) in [6.45, 7) is 1.91. The van der Waals surface area contributed by atoms with E-state index in [-0.39, 0.29) is 12.0 Å². The molecule has 4 heteroatoms. The van der Waals surface area contributed by atoms with Crippen LogP contribution in [-0.2, 0) is 6.42 Å². The Hall–Kier alpha value is -1.45. The lowest BCUT2D eigenvalue weighted by atomic mass is 9.98.